The van der Waals surface area contributed by atoms with Crippen molar-refractivity contribution in [2.24, 2.45) is 5.41 Å². The topological polar surface area (TPSA) is 67.4 Å². The van der Waals surface area contributed by atoms with E-state index in [0.29, 0.717) is 0 Å². The summed E-state index contributed by atoms with van der Waals surface area (Å²) in [4.78, 5) is 8.86. The van der Waals surface area contributed by atoms with E-state index < -0.39 is 0 Å². The summed E-state index contributed by atoms with van der Waals surface area (Å²) < 4.78 is 1.85. The zero-order chi connectivity index (χ0) is 16.5. The lowest BCUT2D eigenvalue weighted by Gasteiger charge is -2.10. The molecule has 2 aliphatic rings. The van der Waals surface area contributed by atoms with Crippen LogP contribution in [0.3, 0.4) is 0 Å². The van der Waals surface area contributed by atoms with E-state index in [1.54, 1.807) is 0 Å². The first-order valence-electron chi connectivity index (χ1n) is 8.29. The molecule has 0 aliphatic heterocycles. The van der Waals surface area contributed by atoms with Crippen molar-refractivity contribution in [1.29, 1.82) is 5.26 Å². The van der Waals surface area contributed by atoms with Crippen LogP contribution in [0.4, 0.5) is 0 Å². The van der Waals surface area contributed by atoms with Gasteiger partial charge in [0, 0.05) is 17.1 Å². The number of benzene rings is 1. The molecule has 118 valence electrons. The maximum absolute atomic E-state index is 9.77. The van der Waals surface area contributed by atoms with Gasteiger partial charge in [0.1, 0.15) is 5.82 Å². The minimum Gasteiger partial charge on any atom is -0.238 e. The second kappa shape index (κ2) is 4.21. The van der Waals surface area contributed by atoms with E-state index in [-0.39, 0.29) is 10.8 Å². The summed E-state index contributed by atoms with van der Waals surface area (Å²) in [6, 6.07) is 10.8. The minimum atomic E-state index is -0.284. The number of hydrogen-bond donors (Lipinski definition) is 0. The molecular weight excluding hydrogens is 298 g/mol. The molecule has 5 nitrogen and oxygen atoms in total. The van der Waals surface area contributed by atoms with Crippen LogP contribution in [0.25, 0.3) is 16.7 Å². The van der Waals surface area contributed by atoms with E-state index in [4.69, 9.17) is 0 Å². The number of fused-ring (bicyclic) bond motifs is 1. The third kappa shape index (κ3) is 1.66. The van der Waals surface area contributed by atoms with Crippen molar-refractivity contribution >= 4 is 10.9 Å². The molecule has 0 saturated heterocycles. The van der Waals surface area contributed by atoms with Crippen molar-refractivity contribution in [2.75, 3.05) is 0 Å². The van der Waals surface area contributed by atoms with Gasteiger partial charge in [-0.05, 0) is 50.2 Å². The van der Waals surface area contributed by atoms with Gasteiger partial charge in [-0.2, -0.15) is 10.4 Å². The quantitative estimate of drug-likeness (QED) is 0.727. The molecule has 5 rings (SSSR count). The summed E-state index contributed by atoms with van der Waals surface area (Å²) in [7, 11) is 0. The van der Waals surface area contributed by atoms with Crippen molar-refractivity contribution in [3.05, 3.63) is 47.5 Å². The Labute approximate surface area is 140 Å². The summed E-state index contributed by atoms with van der Waals surface area (Å²) in [6.45, 7) is 3.85. The van der Waals surface area contributed by atoms with E-state index >= 15 is 0 Å². The van der Waals surface area contributed by atoms with Crippen LogP contribution in [0, 0.1) is 30.6 Å². The first-order chi connectivity index (χ1) is 11.6. The highest BCUT2D eigenvalue weighted by Gasteiger charge is 2.75. The lowest BCUT2D eigenvalue weighted by atomic mass is 9.93. The molecule has 0 N–H and O–H groups in total. The van der Waals surface area contributed by atoms with Gasteiger partial charge in [0.2, 0.25) is 0 Å². The SMILES string of the molecule is Cc1cc(-n2ncc3ccc([C@]4(C#N)CC45CC5)cc32)nc(C)n1. The van der Waals surface area contributed by atoms with E-state index in [2.05, 4.69) is 39.3 Å². The molecule has 2 aromatic heterocycles. The van der Waals surface area contributed by atoms with E-state index in [9.17, 15) is 5.26 Å². The van der Waals surface area contributed by atoms with Crippen LogP contribution < -0.4 is 0 Å². The third-order valence-corrected chi connectivity index (χ3v) is 5.66. The number of hydrogen-bond acceptors (Lipinski definition) is 4. The molecule has 0 amide bonds. The van der Waals surface area contributed by atoms with Gasteiger partial charge in [-0.3, -0.25) is 0 Å². The van der Waals surface area contributed by atoms with Crippen LogP contribution in [0.2, 0.25) is 0 Å². The highest BCUT2D eigenvalue weighted by molar-refractivity contribution is 5.81. The zero-order valence-corrected chi connectivity index (χ0v) is 13.7. The molecule has 0 bridgehead atoms. The summed E-state index contributed by atoms with van der Waals surface area (Å²) in [5.41, 5.74) is 3.03. The number of nitriles is 1. The van der Waals surface area contributed by atoms with Crippen LogP contribution in [0.1, 0.15) is 36.3 Å². The zero-order valence-electron chi connectivity index (χ0n) is 13.7. The maximum Gasteiger partial charge on any atom is 0.157 e. The van der Waals surface area contributed by atoms with Crippen LogP contribution >= 0.6 is 0 Å². The minimum absolute atomic E-state index is 0.266. The van der Waals surface area contributed by atoms with Crippen molar-refractivity contribution in [2.45, 2.75) is 38.5 Å². The van der Waals surface area contributed by atoms with Crippen molar-refractivity contribution in [1.82, 2.24) is 19.7 Å². The molecule has 2 fully saturated rings. The smallest absolute Gasteiger partial charge is 0.157 e. The molecule has 2 heterocycles. The maximum atomic E-state index is 9.77. The van der Waals surface area contributed by atoms with Crippen molar-refractivity contribution < 1.29 is 0 Å². The molecule has 2 saturated carbocycles. The van der Waals surface area contributed by atoms with Gasteiger partial charge < -0.3 is 0 Å². The van der Waals surface area contributed by atoms with Crippen molar-refractivity contribution in [3.63, 3.8) is 0 Å². The molecular formula is C19H17N5. The average molecular weight is 315 g/mol. The fraction of sp³-hybridized carbons (Fsp3) is 0.368. The van der Waals surface area contributed by atoms with Crippen LogP contribution in [0.15, 0.2) is 30.5 Å². The molecule has 3 aromatic rings. The number of nitrogens with zero attached hydrogens (tertiary/aromatic N) is 5. The summed E-state index contributed by atoms with van der Waals surface area (Å²) in [6.07, 6.45) is 5.22. The highest BCUT2D eigenvalue weighted by Crippen LogP contribution is 2.78. The van der Waals surface area contributed by atoms with Crippen molar-refractivity contribution in [3.8, 4) is 11.9 Å². The van der Waals surface area contributed by atoms with Gasteiger partial charge >= 0.3 is 0 Å². The Morgan fingerprint density at radius 1 is 1.17 bits per heavy atom. The van der Waals surface area contributed by atoms with Gasteiger partial charge in [-0.15, -0.1) is 0 Å². The Morgan fingerprint density at radius 2 is 2.00 bits per heavy atom. The molecule has 0 unspecified atom stereocenters. The van der Waals surface area contributed by atoms with E-state index in [1.165, 1.54) is 12.8 Å². The average Bonchev–Trinajstić information content (AvgIpc) is 3.43. The second-order valence-electron chi connectivity index (χ2n) is 7.22. The first-order valence-corrected chi connectivity index (χ1v) is 8.29. The van der Waals surface area contributed by atoms with Gasteiger partial charge in [0.25, 0.3) is 0 Å². The fourth-order valence-corrected chi connectivity index (χ4v) is 4.12. The van der Waals surface area contributed by atoms with E-state index in [1.807, 2.05) is 30.8 Å². The summed E-state index contributed by atoms with van der Waals surface area (Å²) in [5.74, 6) is 1.51. The molecule has 2 aliphatic carbocycles. The van der Waals surface area contributed by atoms with Crippen LogP contribution in [-0.4, -0.2) is 19.7 Å². The Kier molecular flexibility index (Phi) is 2.40. The van der Waals surface area contributed by atoms with Gasteiger partial charge in [0.15, 0.2) is 5.82 Å². The van der Waals surface area contributed by atoms with Gasteiger partial charge in [-0.25, -0.2) is 14.6 Å². The Bertz CT molecular complexity index is 1020. The number of aryl methyl sites for hydroxylation is 2. The molecule has 1 spiro atoms. The molecule has 5 heteroatoms. The fourth-order valence-electron chi connectivity index (χ4n) is 4.12. The predicted octanol–water partition coefficient (Wildman–Crippen LogP) is 3.38. The van der Waals surface area contributed by atoms with Gasteiger partial charge in [0.05, 0.1) is 23.2 Å². The largest absolute Gasteiger partial charge is 0.238 e. The number of rotatable bonds is 2. The standard InChI is InChI=1S/C19H17N5/c1-12-7-17(23-13(2)22-12)24-16-8-15(4-3-14(16)9-21-24)19(11-20)10-18(19)5-6-18/h3-4,7-9H,5-6,10H2,1-2H3/t19-/m1/s1. The molecule has 1 aromatic carbocycles. The molecule has 24 heavy (non-hydrogen) atoms. The normalized spacial score (nSPS) is 23.4. The lowest BCUT2D eigenvalue weighted by Crippen LogP contribution is -2.08. The molecule has 0 radical (unpaired) electrons. The number of aromatic nitrogens is 4. The lowest BCUT2D eigenvalue weighted by molar-refractivity contribution is 0.737. The summed E-state index contributed by atoms with van der Waals surface area (Å²) >= 11 is 0. The van der Waals surface area contributed by atoms with E-state index in [0.717, 1.165) is 40.2 Å². The predicted molar refractivity (Wildman–Crippen MR) is 89.7 cm³/mol. The van der Waals surface area contributed by atoms with Gasteiger partial charge in [-0.1, -0.05) is 12.1 Å². The Hall–Kier alpha value is -2.74. The summed E-state index contributed by atoms with van der Waals surface area (Å²) in [5, 5.41) is 15.3. The first kappa shape index (κ1) is 13.7. The van der Waals surface area contributed by atoms with Crippen LogP contribution in [0.5, 0.6) is 0 Å². The second-order valence-corrected chi connectivity index (χ2v) is 7.22. The Morgan fingerprint density at radius 3 is 2.67 bits per heavy atom. The highest BCUT2D eigenvalue weighted by atomic mass is 15.3. The monoisotopic (exact) mass is 315 g/mol. The van der Waals surface area contributed by atoms with Crippen LogP contribution in [-0.2, 0) is 5.41 Å². The third-order valence-electron chi connectivity index (χ3n) is 5.66. The Balaban J connectivity index is 1.69. The molecule has 1 atom stereocenters.